The molecule has 2 aliphatic rings. The van der Waals surface area contributed by atoms with Gasteiger partial charge in [-0.3, -0.25) is 4.98 Å². The minimum atomic E-state index is -0.494. The molecule has 1 saturated heterocycles. The number of para-hydroxylation sites is 1. The first-order chi connectivity index (χ1) is 23.3. The van der Waals surface area contributed by atoms with Crippen LogP contribution < -0.4 is 5.59 Å². The lowest BCUT2D eigenvalue weighted by Gasteiger charge is -2.32. The second-order valence-corrected chi connectivity index (χ2v) is 14.1. The SMILES string of the molecule is CC1(C)OB(c2ccc(-c3c4ccccc4c(-c4ccc5c(c4)c4ccccc4n5C4=CCCC=C4)c4ccccc34)cn2)OC1(C)C. The maximum absolute atomic E-state index is 6.30. The van der Waals surface area contributed by atoms with Crippen LogP contribution in [-0.4, -0.2) is 27.9 Å². The van der Waals surface area contributed by atoms with Crippen molar-refractivity contribution < 1.29 is 9.31 Å². The molecular weight excluding hydrogens is 587 g/mol. The van der Waals surface area contributed by atoms with Crippen LogP contribution in [0.4, 0.5) is 0 Å². The number of aromatic nitrogens is 2. The average molecular weight is 625 g/mol. The largest absolute Gasteiger partial charge is 0.514 e. The Labute approximate surface area is 281 Å². The second kappa shape index (κ2) is 10.8. The summed E-state index contributed by atoms with van der Waals surface area (Å²) in [4.78, 5) is 4.90. The molecule has 234 valence electrons. The van der Waals surface area contributed by atoms with E-state index in [0.717, 1.165) is 24.0 Å². The van der Waals surface area contributed by atoms with Gasteiger partial charge in [0.25, 0.3) is 0 Å². The molecule has 1 aliphatic heterocycles. The van der Waals surface area contributed by atoms with Crippen LogP contribution in [0.1, 0.15) is 40.5 Å². The number of nitrogens with zero attached hydrogens (tertiary/aromatic N) is 2. The molecule has 0 atom stereocenters. The summed E-state index contributed by atoms with van der Waals surface area (Å²) in [5.74, 6) is 0. The third-order valence-electron chi connectivity index (χ3n) is 10.7. The Bertz CT molecular complexity index is 2390. The van der Waals surface area contributed by atoms with E-state index in [4.69, 9.17) is 14.3 Å². The van der Waals surface area contributed by atoms with Crippen molar-refractivity contribution in [1.29, 1.82) is 0 Å². The van der Waals surface area contributed by atoms with E-state index in [9.17, 15) is 0 Å². The van der Waals surface area contributed by atoms with Crippen LogP contribution in [0.15, 0.2) is 128 Å². The van der Waals surface area contributed by atoms with Crippen molar-refractivity contribution in [1.82, 2.24) is 9.55 Å². The second-order valence-electron chi connectivity index (χ2n) is 14.1. The highest BCUT2D eigenvalue weighted by molar-refractivity contribution is 6.61. The monoisotopic (exact) mass is 624 g/mol. The lowest BCUT2D eigenvalue weighted by molar-refractivity contribution is 0.00578. The smallest absolute Gasteiger partial charge is 0.398 e. The minimum absolute atomic E-state index is 0.414. The zero-order valence-electron chi connectivity index (χ0n) is 27.8. The number of pyridine rings is 1. The van der Waals surface area contributed by atoms with Gasteiger partial charge in [0, 0.05) is 28.2 Å². The van der Waals surface area contributed by atoms with Crippen LogP contribution in [-0.2, 0) is 9.31 Å². The van der Waals surface area contributed by atoms with E-state index in [1.807, 2.05) is 6.20 Å². The van der Waals surface area contributed by atoms with E-state index < -0.39 is 18.3 Å². The topological polar surface area (TPSA) is 36.3 Å². The average Bonchev–Trinajstić information content (AvgIpc) is 3.55. The predicted octanol–water partition coefficient (Wildman–Crippen LogP) is 10.3. The Morgan fingerprint density at radius 1 is 0.604 bits per heavy atom. The summed E-state index contributed by atoms with van der Waals surface area (Å²) < 4.78 is 15.0. The summed E-state index contributed by atoms with van der Waals surface area (Å²) in [5, 5.41) is 7.40. The van der Waals surface area contributed by atoms with Gasteiger partial charge in [-0.1, -0.05) is 91.0 Å². The Hall–Kier alpha value is -4.97. The first-order valence-electron chi connectivity index (χ1n) is 17.0. The summed E-state index contributed by atoms with van der Waals surface area (Å²) >= 11 is 0. The number of fused-ring (bicyclic) bond motifs is 5. The number of allylic oxidation sites excluding steroid dienone is 4. The summed E-state index contributed by atoms with van der Waals surface area (Å²) in [6, 6.07) is 37.6. The van der Waals surface area contributed by atoms with Gasteiger partial charge in [0.05, 0.1) is 27.8 Å². The Morgan fingerprint density at radius 3 is 1.75 bits per heavy atom. The van der Waals surface area contributed by atoms with Crippen molar-refractivity contribution in [3.8, 4) is 22.3 Å². The van der Waals surface area contributed by atoms with E-state index in [0.29, 0.717) is 0 Å². The van der Waals surface area contributed by atoms with Gasteiger partial charge in [0.15, 0.2) is 0 Å². The molecule has 1 fully saturated rings. The molecule has 48 heavy (non-hydrogen) atoms. The molecule has 0 N–H and O–H groups in total. The van der Waals surface area contributed by atoms with Crippen molar-refractivity contribution in [3.05, 3.63) is 128 Å². The molecule has 0 spiro atoms. The van der Waals surface area contributed by atoms with Crippen molar-refractivity contribution in [3.63, 3.8) is 0 Å². The van der Waals surface area contributed by atoms with Gasteiger partial charge < -0.3 is 13.9 Å². The molecular formula is C43H37BN2O2. The molecule has 3 heterocycles. The molecule has 2 aromatic heterocycles. The normalized spacial score (nSPS) is 17.2. The molecule has 5 heteroatoms. The van der Waals surface area contributed by atoms with Gasteiger partial charge in [-0.05, 0) is 109 Å². The zero-order valence-corrected chi connectivity index (χ0v) is 27.8. The maximum atomic E-state index is 6.30. The number of hydrogen-bond donors (Lipinski definition) is 0. The van der Waals surface area contributed by atoms with Crippen LogP contribution >= 0.6 is 0 Å². The number of benzene rings is 5. The molecule has 5 aromatic carbocycles. The van der Waals surface area contributed by atoms with Gasteiger partial charge >= 0.3 is 7.12 Å². The predicted molar refractivity (Wildman–Crippen MR) is 201 cm³/mol. The highest BCUT2D eigenvalue weighted by Gasteiger charge is 2.52. The Morgan fingerprint density at radius 2 is 1.17 bits per heavy atom. The van der Waals surface area contributed by atoms with Crippen molar-refractivity contribution in [2.45, 2.75) is 51.7 Å². The Kier molecular flexibility index (Phi) is 6.56. The quantitative estimate of drug-likeness (QED) is 0.144. The highest BCUT2D eigenvalue weighted by Crippen LogP contribution is 2.45. The molecule has 0 bridgehead atoms. The third-order valence-corrected chi connectivity index (χ3v) is 10.7. The molecule has 4 nitrogen and oxygen atoms in total. The van der Waals surface area contributed by atoms with Gasteiger partial charge in [-0.2, -0.15) is 0 Å². The van der Waals surface area contributed by atoms with E-state index in [1.54, 1.807) is 0 Å². The molecule has 9 rings (SSSR count). The highest BCUT2D eigenvalue weighted by atomic mass is 16.7. The molecule has 1 aliphatic carbocycles. The van der Waals surface area contributed by atoms with Gasteiger partial charge in [0.2, 0.25) is 0 Å². The molecule has 0 saturated carbocycles. The molecule has 7 aromatic rings. The zero-order chi connectivity index (χ0) is 32.6. The third kappa shape index (κ3) is 4.42. The molecule has 0 radical (unpaired) electrons. The van der Waals surface area contributed by atoms with Crippen molar-refractivity contribution >= 4 is 61.8 Å². The van der Waals surface area contributed by atoms with E-state index in [-0.39, 0.29) is 0 Å². The number of rotatable bonds is 4. The van der Waals surface area contributed by atoms with Crippen LogP contribution in [0.25, 0.3) is 71.3 Å². The van der Waals surface area contributed by atoms with Gasteiger partial charge in [0.1, 0.15) is 0 Å². The summed E-state index contributed by atoms with van der Waals surface area (Å²) in [5.41, 5.74) is 8.40. The van der Waals surface area contributed by atoms with E-state index in [1.165, 1.54) is 65.7 Å². The van der Waals surface area contributed by atoms with Crippen LogP contribution in [0.5, 0.6) is 0 Å². The van der Waals surface area contributed by atoms with Gasteiger partial charge in [-0.25, -0.2) is 0 Å². The lowest BCUT2D eigenvalue weighted by atomic mass is 9.83. The summed E-state index contributed by atoms with van der Waals surface area (Å²) in [6.45, 7) is 8.29. The van der Waals surface area contributed by atoms with E-state index in [2.05, 4.69) is 154 Å². The van der Waals surface area contributed by atoms with Crippen LogP contribution in [0.2, 0.25) is 0 Å². The fourth-order valence-corrected chi connectivity index (χ4v) is 7.58. The first kappa shape index (κ1) is 29.2. The summed E-state index contributed by atoms with van der Waals surface area (Å²) in [7, 11) is -0.494. The molecule has 0 unspecified atom stereocenters. The molecule has 0 amide bonds. The maximum Gasteiger partial charge on any atom is 0.514 e. The number of hydrogen-bond acceptors (Lipinski definition) is 3. The van der Waals surface area contributed by atoms with Gasteiger partial charge in [-0.15, -0.1) is 0 Å². The van der Waals surface area contributed by atoms with Crippen molar-refractivity contribution in [2.24, 2.45) is 0 Å². The summed E-state index contributed by atoms with van der Waals surface area (Å²) in [6.07, 6.45) is 11.0. The Balaban J connectivity index is 1.23. The fourth-order valence-electron chi connectivity index (χ4n) is 7.58. The van der Waals surface area contributed by atoms with Crippen LogP contribution in [0.3, 0.4) is 0 Å². The van der Waals surface area contributed by atoms with Crippen molar-refractivity contribution in [2.75, 3.05) is 0 Å². The lowest BCUT2D eigenvalue weighted by Crippen LogP contribution is -2.41. The fraction of sp³-hybridized carbons (Fsp3) is 0.186. The van der Waals surface area contributed by atoms with Crippen LogP contribution in [0, 0.1) is 0 Å². The standard InChI is InChI=1S/C43H37BN2O2/c1-42(2)43(3,4)48-44(47-42)39-25-23-29(27-45-39)41-34-19-10-8-17-32(34)40(33-18-9-11-20-35(33)41)28-22-24-38-36(26-28)31-16-12-13-21-37(31)46(38)30-14-6-5-7-15-30/h6,8-27H,5,7H2,1-4H3. The first-order valence-corrected chi connectivity index (χ1v) is 17.0. The minimum Gasteiger partial charge on any atom is -0.398 e. The van der Waals surface area contributed by atoms with E-state index >= 15 is 0 Å².